The standard InChI is InChI=1S/C25H32BrN3O/c26-24-5-3-4-22(16-24)19-29-14-10-23(11-15-29)25(30)27-17-20-6-8-21(9-7-20)18-28-12-1-2-13-28/h3-9,16,23H,1-2,10-15,17-19H2,(H,27,30). The summed E-state index contributed by atoms with van der Waals surface area (Å²) in [5, 5.41) is 3.16. The number of nitrogens with one attached hydrogen (secondary N) is 1. The number of hydrogen-bond donors (Lipinski definition) is 1. The van der Waals surface area contributed by atoms with E-state index >= 15 is 0 Å². The molecule has 2 aromatic carbocycles. The molecule has 2 fully saturated rings. The average molecular weight is 470 g/mol. The van der Waals surface area contributed by atoms with Gasteiger partial charge in [-0.25, -0.2) is 0 Å². The fourth-order valence-electron chi connectivity index (χ4n) is 4.54. The Bertz CT molecular complexity index is 825. The highest BCUT2D eigenvalue weighted by atomic mass is 79.9. The largest absolute Gasteiger partial charge is 0.352 e. The van der Waals surface area contributed by atoms with Crippen molar-refractivity contribution in [2.75, 3.05) is 26.2 Å². The van der Waals surface area contributed by atoms with Gasteiger partial charge in [-0.1, -0.05) is 52.3 Å². The van der Waals surface area contributed by atoms with Crippen LogP contribution in [-0.4, -0.2) is 41.9 Å². The summed E-state index contributed by atoms with van der Waals surface area (Å²) in [6.07, 6.45) is 4.53. The van der Waals surface area contributed by atoms with Gasteiger partial charge in [0.25, 0.3) is 0 Å². The van der Waals surface area contributed by atoms with Crippen molar-refractivity contribution in [3.63, 3.8) is 0 Å². The van der Waals surface area contributed by atoms with Crippen LogP contribution in [0.15, 0.2) is 53.0 Å². The normalized spacial score (nSPS) is 18.6. The molecule has 0 saturated carbocycles. The van der Waals surface area contributed by atoms with E-state index in [2.05, 4.69) is 79.6 Å². The van der Waals surface area contributed by atoms with E-state index in [9.17, 15) is 4.79 Å². The van der Waals surface area contributed by atoms with Crippen LogP contribution < -0.4 is 5.32 Å². The minimum Gasteiger partial charge on any atom is -0.352 e. The van der Waals surface area contributed by atoms with Gasteiger partial charge in [0.2, 0.25) is 5.91 Å². The van der Waals surface area contributed by atoms with Crippen molar-refractivity contribution >= 4 is 21.8 Å². The molecule has 0 spiro atoms. The van der Waals surface area contributed by atoms with Crippen LogP contribution in [0.2, 0.25) is 0 Å². The fourth-order valence-corrected chi connectivity index (χ4v) is 4.99. The summed E-state index contributed by atoms with van der Waals surface area (Å²) in [6, 6.07) is 17.2. The lowest BCUT2D eigenvalue weighted by atomic mass is 9.95. The first-order chi connectivity index (χ1) is 14.7. The monoisotopic (exact) mass is 469 g/mol. The van der Waals surface area contributed by atoms with E-state index in [1.165, 1.54) is 42.6 Å². The third-order valence-corrected chi connectivity index (χ3v) is 6.84. The second-order valence-electron chi connectivity index (χ2n) is 8.70. The van der Waals surface area contributed by atoms with Gasteiger partial charge < -0.3 is 5.32 Å². The molecule has 30 heavy (non-hydrogen) atoms. The van der Waals surface area contributed by atoms with E-state index < -0.39 is 0 Å². The summed E-state index contributed by atoms with van der Waals surface area (Å²) < 4.78 is 1.12. The molecule has 0 aromatic heterocycles. The molecule has 1 amide bonds. The first-order valence-electron chi connectivity index (χ1n) is 11.2. The Labute approximate surface area is 188 Å². The Balaban J connectivity index is 1.18. The second kappa shape index (κ2) is 10.6. The van der Waals surface area contributed by atoms with Gasteiger partial charge in [0, 0.05) is 30.0 Å². The molecule has 2 aliphatic rings. The van der Waals surface area contributed by atoms with Crippen molar-refractivity contribution in [3.05, 3.63) is 69.7 Å². The second-order valence-corrected chi connectivity index (χ2v) is 9.61. The quantitative estimate of drug-likeness (QED) is 0.644. The molecular weight excluding hydrogens is 438 g/mol. The summed E-state index contributed by atoms with van der Waals surface area (Å²) in [6.45, 7) is 7.04. The highest BCUT2D eigenvalue weighted by Gasteiger charge is 2.24. The van der Waals surface area contributed by atoms with Crippen molar-refractivity contribution in [3.8, 4) is 0 Å². The molecule has 2 saturated heterocycles. The first-order valence-corrected chi connectivity index (χ1v) is 12.0. The predicted molar refractivity (Wildman–Crippen MR) is 125 cm³/mol. The molecule has 0 atom stereocenters. The van der Waals surface area contributed by atoms with E-state index in [-0.39, 0.29) is 11.8 Å². The molecule has 1 N–H and O–H groups in total. The van der Waals surface area contributed by atoms with Crippen LogP contribution in [0.5, 0.6) is 0 Å². The highest BCUT2D eigenvalue weighted by Crippen LogP contribution is 2.21. The summed E-state index contributed by atoms with van der Waals surface area (Å²) >= 11 is 3.54. The third kappa shape index (κ3) is 6.16. The van der Waals surface area contributed by atoms with Gasteiger partial charge in [0.1, 0.15) is 0 Å². The highest BCUT2D eigenvalue weighted by molar-refractivity contribution is 9.10. The minimum atomic E-state index is 0.137. The van der Waals surface area contributed by atoms with Crippen molar-refractivity contribution in [1.82, 2.24) is 15.1 Å². The molecular formula is C25H32BrN3O. The van der Waals surface area contributed by atoms with Crippen molar-refractivity contribution in [2.45, 2.75) is 45.3 Å². The number of amides is 1. The van der Waals surface area contributed by atoms with Gasteiger partial charge >= 0.3 is 0 Å². The zero-order valence-corrected chi connectivity index (χ0v) is 19.2. The molecule has 0 radical (unpaired) electrons. The van der Waals surface area contributed by atoms with Crippen molar-refractivity contribution in [2.24, 2.45) is 5.92 Å². The number of piperidine rings is 1. The number of halogens is 1. The van der Waals surface area contributed by atoms with E-state index in [0.717, 1.165) is 43.5 Å². The Hall–Kier alpha value is -1.69. The number of hydrogen-bond acceptors (Lipinski definition) is 3. The molecule has 2 aromatic rings. The third-order valence-electron chi connectivity index (χ3n) is 6.35. The molecule has 0 aliphatic carbocycles. The summed E-state index contributed by atoms with van der Waals surface area (Å²) in [4.78, 5) is 17.6. The van der Waals surface area contributed by atoms with Crippen LogP contribution in [0.25, 0.3) is 0 Å². The Morgan fingerprint density at radius 3 is 2.20 bits per heavy atom. The lowest BCUT2D eigenvalue weighted by Gasteiger charge is -2.31. The van der Waals surface area contributed by atoms with E-state index in [1.54, 1.807) is 0 Å². The molecule has 2 aliphatic heterocycles. The van der Waals surface area contributed by atoms with Crippen molar-refractivity contribution < 1.29 is 4.79 Å². The van der Waals surface area contributed by atoms with Gasteiger partial charge in [-0.15, -0.1) is 0 Å². The van der Waals surface area contributed by atoms with Crippen LogP contribution in [0.3, 0.4) is 0 Å². The Morgan fingerprint density at radius 2 is 1.50 bits per heavy atom. The van der Waals surface area contributed by atoms with Gasteiger partial charge in [-0.05, 0) is 80.7 Å². The Kier molecular flexibility index (Phi) is 7.58. The van der Waals surface area contributed by atoms with Gasteiger partial charge in [-0.3, -0.25) is 14.6 Å². The molecule has 160 valence electrons. The fraction of sp³-hybridized carbons (Fsp3) is 0.480. The zero-order chi connectivity index (χ0) is 20.8. The van der Waals surface area contributed by atoms with Gasteiger partial charge in [0.15, 0.2) is 0 Å². The maximum Gasteiger partial charge on any atom is 0.223 e. The van der Waals surface area contributed by atoms with E-state index in [0.29, 0.717) is 6.54 Å². The SMILES string of the molecule is O=C(NCc1ccc(CN2CCCC2)cc1)C1CCN(Cc2cccc(Br)c2)CC1. The summed E-state index contributed by atoms with van der Waals surface area (Å²) in [7, 11) is 0. The number of rotatable bonds is 7. The number of carbonyl (C=O) groups excluding carboxylic acids is 1. The number of likely N-dealkylation sites (tertiary alicyclic amines) is 2. The maximum atomic E-state index is 12.6. The molecule has 2 heterocycles. The van der Waals surface area contributed by atoms with Crippen LogP contribution in [-0.2, 0) is 24.4 Å². The molecule has 5 heteroatoms. The zero-order valence-electron chi connectivity index (χ0n) is 17.7. The molecule has 0 unspecified atom stereocenters. The van der Waals surface area contributed by atoms with Crippen LogP contribution in [0.1, 0.15) is 42.4 Å². The number of carbonyl (C=O) groups is 1. The lowest BCUT2D eigenvalue weighted by molar-refractivity contribution is -0.126. The van der Waals surface area contributed by atoms with Gasteiger partial charge in [0.05, 0.1) is 0 Å². The number of nitrogens with zero attached hydrogens (tertiary/aromatic N) is 2. The first kappa shape index (κ1) is 21.5. The van der Waals surface area contributed by atoms with Crippen LogP contribution in [0, 0.1) is 5.92 Å². The van der Waals surface area contributed by atoms with E-state index in [4.69, 9.17) is 0 Å². The van der Waals surface area contributed by atoms with Crippen LogP contribution in [0.4, 0.5) is 0 Å². The number of benzene rings is 2. The maximum absolute atomic E-state index is 12.6. The van der Waals surface area contributed by atoms with Crippen molar-refractivity contribution in [1.29, 1.82) is 0 Å². The summed E-state index contributed by atoms with van der Waals surface area (Å²) in [5.41, 5.74) is 3.87. The van der Waals surface area contributed by atoms with E-state index in [1.807, 2.05) is 0 Å². The molecule has 4 nitrogen and oxygen atoms in total. The smallest absolute Gasteiger partial charge is 0.223 e. The molecule has 4 rings (SSSR count). The average Bonchev–Trinajstić information content (AvgIpc) is 3.27. The topological polar surface area (TPSA) is 35.6 Å². The summed E-state index contributed by atoms with van der Waals surface area (Å²) in [5.74, 6) is 0.344. The van der Waals surface area contributed by atoms with Gasteiger partial charge in [-0.2, -0.15) is 0 Å². The van der Waals surface area contributed by atoms with Crippen LogP contribution >= 0.6 is 15.9 Å². The Morgan fingerprint density at radius 1 is 0.867 bits per heavy atom. The minimum absolute atomic E-state index is 0.137. The predicted octanol–water partition coefficient (Wildman–Crippen LogP) is 4.57. The molecule has 0 bridgehead atoms. The lowest BCUT2D eigenvalue weighted by Crippen LogP contribution is -2.40.